The van der Waals surface area contributed by atoms with Crippen LogP contribution in [0.15, 0.2) is 35.1 Å². The molecule has 142 valence electrons. The van der Waals surface area contributed by atoms with E-state index in [2.05, 4.69) is 10.4 Å². The van der Waals surface area contributed by atoms with Gasteiger partial charge in [-0.3, -0.25) is 9.59 Å². The highest BCUT2D eigenvalue weighted by molar-refractivity contribution is 5.89. The van der Waals surface area contributed by atoms with Gasteiger partial charge in [0.1, 0.15) is 0 Å². The molecule has 0 fully saturated rings. The van der Waals surface area contributed by atoms with Gasteiger partial charge in [0.25, 0.3) is 11.5 Å². The number of aromatic nitrogens is 2. The first kappa shape index (κ1) is 18.4. The first-order valence-electron chi connectivity index (χ1n) is 8.47. The number of amides is 1. The average molecular weight is 373 g/mol. The molecule has 0 radical (unpaired) electrons. The van der Waals surface area contributed by atoms with Crippen LogP contribution in [0.5, 0.6) is 11.5 Å². The van der Waals surface area contributed by atoms with Crippen LogP contribution in [-0.2, 0) is 22.6 Å². The smallest absolute Gasteiger partial charge is 0.359 e. The van der Waals surface area contributed by atoms with E-state index < -0.39 is 18.5 Å². The molecule has 2 heterocycles. The van der Waals surface area contributed by atoms with E-state index in [4.69, 9.17) is 14.2 Å². The standard InChI is InChI=1S/C18H19N3O6/c1-2-7-21-17(23)6-4-13(20-21)18(24)25-10-16(22)19-9-12-3-5-14-15(8-12)27-11-26-14/h3-6,8H,2,7,9-11H2,1H3,(H,19,22). The van der Waals surface area contributed by atoms with Crippen molar-refractivity contribution in [1.29, 1.82) is 0 Å². The van der Waals surface area contributed by atoms with Crippen LogP contribution < -0.4 is 20.3 Å². The van der Waals surface area contributed by atoms with Crippen molar-refractivity contribution in [2.24, 2.45) is 0 Å². The number of hydrogen-bond donors (Lipinski definition) is 1. The number of carbonyl (C=O) groups is 2. The maximum atomic E-state index is 12.0. The highest BCUT2D eigenvalue weighted by Gasteiger charge is 2.15. The monoisotopic (exact) mass is 373 g/mol. The number of nitrogens with one attached hydrogen (secondary N) is 1. The molecule has 9 heteroatoms. The molecule has 1 aromatic heterocycles. The summed E-state index contributed by atoms with van der Waals surface area (Å²) in [5.41, 5.74) is 0.508. The molecule has 9 nitrogen and oxygen atoms in total. The second-order valence-electron chi connectivity index (χ2n) is 5.82. The predicted octanol–water partition coefficient (Wildman–Crippen LogP) is 0.855. The minimum atomic E-state index is -0.766. The van der Waals surface area contributed by atoms with Gasteiger partial charge in [-0.1, -0.05) is 13.0 Å². The number of carbonyl (C=O) groups excluding carboxylic acids is 2. The molecule has 1 amide bonds. The summed E-state index contributed by atoms with van der Waals surface area (Å²) >= 11 is 0. The van der Waals surface area contributed by atoms with E-state index in [1.54, 1.807) is 18.2 Å². The predicted molar refractivity (Wildman–Crippen MR) is 93.5 cm³/mol. The van der Waals surface area contributed by atoms with Gasteiger partial charge in [-0.15, -0.1) is 0 Å². The molecule has 1 N–H and O–H groups in total. The van der Waals surface area contributed by atoms with E-state index in [1.165, 1.54) is 16.8 Å². The lowest BCUT2D eigenvalue weighted by molar-refractivity contribution is -0.124. The number of hydrogen-bond acceptors (Lipinski definition) is 7. The lowest BCUT2D eigenvalue weighted by Gasteiger charge is -2.08. The van der Waals surface area contributed by atoms with Gasteiger partial charge in [0.05, 0.1) is 0 Å². The van der Waals surface area contributed by atoms with Gasteiger partial charge in [0.15, 0.2) is 23.8 Å². The summed E-state index contributed by atoms with van der Waals surface area (Å²) in [5, 5.41) is 6.59. The molecule has 2 aromatic rings. The Hall–Kier alpha value is -3.36. The Balaban J connectivity index is 1.49. The van der Waals surface area contributed by atoms with Crippen molar-refractivity contribution in [3.05, 3.63) is 51.9 Å². The second kappa shape index (κ2) is 8.35. The van der Waals surface area contributed by atoms with E-state index in [9.17, 15) is 14.4 Å². The summed E-state index contributed by atoms with van der Waals surface area (Å²) in [6.07, 6.45) is 0.702. The van der Waals surface area contributed by atoms with Crippen LogP contribution in [0.1, 0.15) is 29.4 Å². The van der Waals surface area contributed by atoms with Crippen molar-refractivity contribution in [2.45, 2.75) is 26.4 Å². The lowest BCUT2D eigenvalue weighted by atomic mass is 10.2. The fourth-order valence-corrected chi connectivity index (χ4v) is 2.44. The van der Waals surface area contributed by atoms with Crippen LogP contribution in [0.3, 0.4) is 0 Å². The summed E-state index contributed by atoms with van der Waals surface area (Å²) in [5.74, 6) is 0.0679. The van der Waals surface area contributed by atoms with E-state index in [0.717, 1.165) is 5.56 Å². The van der Waals surface area contributed by atoms with Crippen LogP contribution >= 0.6 is 0 Å². The van der Waals surface area contributed by atoms with Gasteiger partial charge in [-0.25, -0.2) is 9.48 Å². The largest absolute Gasteiger partial charge is 0.454 e. The molecule has 0 saturated carbocycles. The van der Waals surface area contributed by atoms with Crippen LogP contribution in [0, 0.1) is 0 Å². The van der Waals surface area contributed by atoms with Gasteiger partial charge in [0, 0.05) is 19.2 Å². The highest BCUT2D eigenvalue weighted by Crippen LogP contribution is 2.32. The number of benzene rings is 1. The zero-order valence-corrected chi connectivity index (χ0v) is 14.8. The number of rotatable bonds is 7. The normalized spacial score (nSPS) is 11.9. The van der Waals surface area contributed by atoms with E-state index in [-0.39, 0.29) is 24.6 Å². The molecule has 3 rings (SSSR count). The first-order valence-corrected chi connectivity index (χ1v) is 8.47. The molecule has 27 heavy (non-hydrogen) atoms. The summed E-state index contributed by atoms with van der Waals surface area (Å²) in [4.78, 5) is 35.5. The Labute approximate surface area is 154 Å². The SMILES string of the molecule is CCCn1nc(C(=O)OCC(=O)NCc2ccc3c(c2)OCO3)ccc1=O. The van der Waals surface area contributed by atoms with Crippen molar-refractivity contribution in [2.75, 3.05) is 13.4 Å². The van der Waals surface area contributed by atoms with Gasteiger partial charge in [-0.2, -0.15) is 5.10 Å². The highest BCUT2D eigenvalue weighted by atomic mass is 16.7. The van der Waals surface area contributed by atoms with Crippen LogP contribution in [0.25, 0.3) is 0 Å². The van der Waals surface area contributed by atoms with Gasteiger partial charge in [0.2, 0.25) is 6.79 Å². The Morgan fingerprint density at radius 2 is 2.04 bits per heavy atom. The third-order valence-corrected chi connectivity index (χ3v) is 3.77. The third-order valence-electron chi connectivity index (χ3n) is 3.77. The van der Waals surface area contributed by atoms with E-state index >= 15 is 0 Å². The molecular formula is C18H19N3O6. The number of ether oxygens (including phenoxy) is 3. The number of nitrogens with zero attached hydrogens (tertiary/aromatic N) is 2. The maximum absolute atomic E-state index is 12.0. The minimum absolute atomic E-state index is 0.0216. The Morgan fingerprint density at radius 1 is 1.22 bits per heavy atom. The molecule has 1 aliphatic rings. The quantitative estimate of drug-likeness (QED) is 0.717. The van der Waals surface area contributed by atoms with E-state index in [1.807, 2.05) is 6.92 Å². The fourth-order valence-electron chi connectivity index (χ4n) is 2.44. The molecule has 0 spiro atoms. The summed E-state index contributed by atoms with van der Waals surface area (Å²) in [6.45, 7) is 2.28. The number of esters is 1. The molecule has 0 aliphatic carbocycles. The molecule has 0 atom stereocenters. The van der Waals surface area contributed by atoms with E-state index in [0.29, 0.717) is 24.5 Å². The number of fused-ring (bicyclic) bond motifs is 1. The zero-order chi connectivity index (χ0) is 19.2. The Bertz CT molecular complexity index is 908. The molecule has 1 aliphatic heterocycles. The second-order valence-corrected chi connectivity index (χ2v) is 5.82. The van der Waals surface area contributed by atoms with Crippen molar-refractivity contribution in [3.8, 4) is 11.5 Å². The van der Waals surface area contributed by atoms with Crippen LogP contribution in [0.4, 0.5) is 0 Å². The molecule has 1 aromatic carbocycles. The van der Waals surface area contributed by atoms with Crippen molar-refractivity contribution in [3.63, 3.8) is 0 Å². The van der Waals surface area contributed by atoms with Crippen LogP contribution in [-0.4, -0.2) is 35.1 Å². The lowest BCUT2D eigenvalue weighted by Crippen LogP contribution is -2.29. The minimum Gasteiger partial charge on any atom is -0.454 e. The molecular weight excluding hydrogens is 354 g/mol. The maximum Gasteiger partial charge on any atom is 0.359 e. The first-order chi connectivity index (χ1) is 13.1. The topological polar surface area (TPSA) is 109 Å². The molecule has 0 unspecified atom stereocenters. The summed E-state index contributed by atoms with van der Waals surface area (Å²) in [6, 6.07) is 7.87. The summed E-state index contributed by atoms with van der Waals surface area (Å²) < 4.78 is 16.6. The van der Waals surface area contributed by atoms with Crippen molar-refractivity contribution < 1.29 is 23.8 Å². The Morgan fingerprint density at radius 3 is 2.85 bits per heavy atom. The summed E-state index contributed by atoms with van der Waals surface area (Å²) in [7, 11) is 0. The number of aryl methyl sites for hydroxylation is 1. The van der Waals surface area contributed by atoms with Gasteiger partial charge < -0.3 is 19.5 Å². The van der Waals surface area contributed by atoms with Gasteiger partial charge in [-0.05, 0) is 30.2 Å². The van der Waals surface area contributed by atoms with Gasteiger partial charge >= 0.3 is 5.97 Å². The zero-order valence-electron chi connectivity index (χ0n) is 14.8. The van der Waals surface area contributed by atoms with Crippen molar-refractivity contribution in [1.82, 2.24) is 15.1 Å². The van der Waals surface area contributed by atoms with Crippen molar-refractivity contribution >= 4 is 11.9 Å². The molecule has 0 saturated heterocycles. The fraction of sp³-hybridized carbons (Fsp3) is 0.333. The van der Waals surface area contributed by atoms with Crippen LogP contribution in [0.2, 0.25) is 0 Å². The average Bonchev–Trinajstić information content (AvgIpc) is 3.14. The third kappa shape index (κ3) is 4.63. The Kier molecular flexibility index (Phi) is 5.70. The molecule has 0 bridgehead atoms.